The summed E-state index contributed by atoms with van der Waals surface area (Å²) in [6.07, 6.45) is 1.94. The molecule has 0 N–H and O–H groups in total. The number of rotatable bonds is 4. The molecule has 36 heavy (non-hydrogen) atoms. The first-order valence-electron chi connectivity index (χ1n) is 11.1. The molecule has 0 unspecified atom stereocenters. The van der Waals surface area contributed by atoms with Gasteiger partial charge in [0.1, 0.15) is 22.5 Å². The summed E-state index contributed by atoms with van der Waals surface area (Å²) >= 11 is 13.7. The molecule has 0 bridgehead atoms. The molecule has 0 aliphatic rings. The van der Waals surface area contributed by atoms with Crippen LogP contribution in [0.1, 0.15) is 10.6 Å². The van der Waals surface area contributed by atoms with E-state index in [1.165, 1.54) is 11.3 Å². The molecule has 0 saturated carbocycles. The van der Waals surface area contributed by atoms with Crippen LogP contribution in [0.2, 0.25) is 10.0 Å². The van der Waals surface area contributed by atoms with E-state index in [1.54, 1.807) is 18.2 Å². The van der Waals surface area contributed by atoms with E-state index in [9.17, 15) is 5.26 Å². The number of aromatic nitrogens is 1. The Hall–Kier alpha value is -3.88. The fraction of sp³-hybridized carbons (Fsp3) is 0. The van der Waals surface area contributed by atoms with Crippen molar-refractivity contribution in [1.82, 2.24) is 4.98 Å². The Bertz CT molecular complexity index is 1770. The molecule has 2 heterocycles. The van der Waals surface area contributed by atoms with Crippen LogP contribution >= 0.6 is 34.5 Å². The van der Waals surface area contributed by atoms with Gasteiger partial charge in [0.15, 0.2) is 5.76 Å². The molecule has 0 fully saturated rings. The Morgan fingerprint density at radius 1 is 0.833 bits per heavy atom. The van der Waals surface area contributed by atoms with Crippen LogP contribution in [0.5, 0.6) is 0 Å². The monoisotopic (exact) mass is 522 g/mol. The zero-order chi connectivity index (χ0) is 24.6. The highest BCUT2D eigenvalue weighted by molar-refractivity contribution is 7.11. The maximum atomic E-state index is 10.1. The molecule has 0 spiro atoms. The zero-order valence-corrected chi connectivity index (χ0v) is 21.0. The van der Waals surface area contributed by atoms with Crippen molar-refractivity contribution in [3.63, 3.8) is 0 Å². The average Bonchev–Trinajstić information content (AvgIpc) is 3.56. The third-order valence-electron chi connectivity index (χ3n) is 5.96. The van der Waals surface area contributed by atoms with E-state index >= 15 is 0 Å². The first-order chi connectivity index (χ1) is 17.6. The van der Waals surface area contributed by atoms with Gasteiger partial charge in [-0.3, -0.25) is 0 Å². The predicted molar refractivity (Wildman–Crippen MR) is 150 cm³/mol. The Kier molecular flexibility index (Phi) is 5.83. The van der Waals surface area contributed by atoms with E-state index in [4.69, 9.17) is 32.6 Å². The lowest BCUT2D eigenvalue weighted by molar-refractivity contribution is 0.595. The second-order valence-electron chi connectivity index (χ2n) is 8.26. The van der Waals surface area contributed by atoms with Gasteiger partial charge in [-0.2, -0.15) is 5.26 Å². The highest BCUT2D eigenvalue weighted by Crippen LogP contribution is 2.35. The highest BCUT2D eigenvalue weighted by Gasteiger charge is 2.15. The average molecular weight is 523 g/mol. The van der Waals surface area contributed by atoms with Crippen LogP contribution in [-0.4, -0.2) is 4.98 Å². The van der Waals surface area contributed by atoms with Crippen molar-refractivity contribution in [3.05, 3.63) is 111 Å². The molecular weight excluding hydrogens is 507 g/mol. The molecule has 0 saturated heterocycles. The van der Waals surface area contributed by atoms with Gasteiger partial charge in [-0.1, -0.05) is 71.7 Å². The normalized spacial score (nSPS) is 11.8. The van der Waals surface area contributed by atoms with E-state index in [2.05, 4.69) is 36.4 Å². The topological polar surface area (TPSA) is 49.8 Å². The Morgan fingerprint density at radius 3 is 2.14 bits per heavy atom. The lowest BCUT2D eigenvalue weighted by atomic mass is 9.95. The van der Waals surface area contributed by atoms with Gasteiger partial charge in [-0.05, 0) is 69.6 Å². The summed E-state index contributed by atoms with van der Waals surface area (Å²) in [4.78, 5) is 4.73. The van der Waals surface area contributed by atoms with Crippen LogP contribution in [0.15, 0.2) is 94.7 Å². The fourth-order valence-electron chi connectivity index (χ4n) is 4.33. The van der Waals surface area contributed by atoms with Gasteiger partial charge in [-0.15, -0.1) is 11.3 Å². The van der Waals surface area contributed by atoms with E-state index < -0.39 is 0 Å². The first kappa shape index (κ1) is 22.6. The number of halogens is 2. The molecule has 0 amide bonds. The van der Waals surface area contributed by atoms with Crippen molar-refractivity contribution in [2.24, 2.45) is 0 Å². The molecule has 6 aromatic rings. The third kappa shape index (κ3) is 4.19. The standard InChI is InChI=1S/C30H16Cl2N2OS/c31-22-12-20(13-23(32)15-22)28-9-10-29(35-28)27-17-36-30(34-27)21(16-33)14-26-24-7-3-1-5-18(24)11-19-6-2-4-8-25(19)26/h1-15,17H/b21-14+. The number of fused-ring (bicyclic) bond motifs is 2. The van der Waals surface area contributed by atoms with Crippen molar-refractivity contribution in [2.75, 3.05) is 0 Å². The van der Waals surface area contributed by atoms with Crippen molar-refractivity contribution in [1.29, 1.82) is 5.26 Å². The second-order valence-corrected chi connectivity index (χ2v) is 9.99. The Balaban J connectivity index is 1.41. The molecule has 6 heteroatoms. The Labute approximate surface area is 221 Å². The largest absolute Gasteiger partial charge is 0.454 e. The number of benzene rings is 4. The number of hydrogen-bond acceptors (Lipinski definition) is 4. The maximum Gasteiger partial charge on any atom is 0.154 e. The van der Waals surface area contributed by atoms with Gasteiger partial charge in [0.2, 0.25) is 0 Å². The third-order valence-corrected chi connectivity index (χ3v) is 7.27. The van der Waals surface area contributed by atoms with Gasteiger partial charge in [-0.25, -0.2) is 4.98 Å². The molecule has 172 valence electrons. The van der Waals surface area contributed by atoms with Gasteiger partial charge in [0, 0.05) is 21.0 Å². The van der Waals surface area contributed by atoms with Gasteiger partial charge in [0.05, 0.1) is 5.57 Å². The molecule has 6 rings (SSSR count). The lowest BCUT2D eigenvalue weighted by Crippen LogP contribution is -1.86. The van der Waals surface area contributed by atoms with E-state index in [1.807, 2.05) is 47.9 Å². The number of allylic oxidation sites excluding steroid dienone is 1. The number of nitriles is 1. The van der Waals surface area contributed by atoms with E-state index in [0.29, 0.717) is 37.8 Å². The van der Waals surface area contributed by atoms with Crippen LogP contribution in [0, 0.1) is 11.3 Å². The van der Waals surface area contributed by atoms with Crippen LogP contribution < -0.4 is 0 Å². The molecular formula is C30H16Cl2N2OS. The van der Waals surface area contributed by atoms with Crippen LogP contribution in [0.3, 0.4) is 0 Å². The van der Waals surface area contributed by atoms with Crippen LogP contribution in [-0.2, 0) is 0 Å². The SMILES string of the molecule is N#C/C(=C\c1c2ccccc2cc2ccccc12)c1nc(-c2ccc(-c3cc(Cl)cc(Cl)c3)o2)cs1. The number of hydrogen-bond donors (Lipinski definition) is 0. The predicted octanol–water partition coefficient (Wildman–Crippen LogP) is 9.75. The number of thiazole rings is 1. The second kappa shape index (κ2) is 9.29. The fourth-order valence-corrected chi connectivity index (χ4v) is 5.63. The summed E-state index contributed by atoms with van der Waals surface area (Å²) in [5.74, 6) is 1.25. The van der Waals surface area contributed by atoms with Crippen molar-refractivity contribution >= 4 is 67.7 Å². The molecule has 0 aliphatic carbocycles. The molecule has 3 nitrogen and oxygen atoms in total. The molecule has 4 aromatic carbocycles. The summed E-state index contributed by atoms with van der Waals surface area (Å²) in [6, 6.07) is 30.0. The highest BCUT2D eigenvalue weighted by atomic mass is 35.5. The molecule has 0 aliphatic heterocycles. The van der Waals surface area contributed by atoms with E-state index in [0.717, 1.165) is 32.7 Å². The lowest BCUT2D eigenvalue weighted by Gasteiger charge is -2.08. The van der Waals surface area contributed by atoms with Crippen molar-refractivity contribution in [3.8, 4) is 28.8 Å². The molecule has 0 atom stereocenters. The van der Waals surface area contributed by atoms with Gasteiger partial charge in [0.25, 0.3) is 0 Å². The minimum atomic E-state index is 0.501. The van der Waals surface area contributed by atoms with E-state index in [-0.39, 0.29) is 0 Å². The number of furan rings is 1. The Morgan fingerprint density at radius 2 is 1.47 bits per heavy atom. The maximum absolute atomic E-state index is 10.1. The minimum absolute atomic E-state index is 0.501. The van der Waals surface area contributed by atoms with Crippen molar-refractivity contribution in [2.45, 2.75) is 0 Å². The van der Waals surface area contributed by atoms with Gasteiger partial charge < -0.3 is 4.42 Å². The summed E-state index contributed by atoms with van der Waals surface area (Å²) in [5.41, 5.74) is 2.96. The summed E-state index contributed by atoms with van der Waals surface area (Å²) in [6.45, 7) is 0. The number of nitrogens with zero attached hydrogens (tertiary/aromatic N) is 2. The smallest absolute Gasteiger partial charge is 0.154 e. The zero-order valence-electron chi connectivity index (χ0n) is 18.7. The summed E-state index contributed by atoms with van der Waals surface area (Å²) in [7, 11) is 0. The quantitative estimate of drug-likeness (QED) is 0.171. The molecule has 2 aromatic heterocycles. The summed E-state index contributed by atoms with van der Waals surface area (Å²) in [5, 5.41) is 18.1. The summed E-state index contributed by atoms with van der Waals surface area (Å²) < 4.78 is 6.05. The van der Waals surface area contributed by atoms with Crippen LogP contribution in [0.25, 0.3) is 56.0 Å². The van der Waals surface area contributed by atoms with Crippen molar-refractivity contribution < 1.29 is 4.42 Å². The molecule has 0 radical (unpaired) electrons. The van der Waals surface area contributed by atoms with Gasteiger partial charge >= 0.3 is 0 Å². The van der Waals surface area contributed by atoms with Crippen LogP contribution in [0.4, 0.5) is 0 Å². The first-order valence-corrected chi connectivity index (χ1v) is 12.8. The minimum Gasteiger partial charge on any atom is -0.454 e.